The van der Waals surface area contributed by atoms with Crippen LogP contribution in [-0.4, -0.2) is 0 Å². The lowest BCUT2D eigenvalue weighted by Crippen LogP contribution is -2.10. The molecule has 1 heterocycles. The molecule has 3 rings (SSSR count). The van der Waals surface area contributed by atoms with E-state index in [9.17, 15) is 13.2 Å². The lowest BCUT2D eigenvalue weighted by molar-refractivity contribution is -0.137. The maximum absolute atomic E-state index is 12.6. The van der Waals surface area contributed by atoms with E-state index in [1.807, 2.05) is 41.1 Å². The summed E-state index contributed by atoms with van der Waals surface area (Å²) in [7, 11) is 0. The van der Waals surface area contributed by atoms with Crippen molar-refractivity contribution in [3.63, 3.8) is 0 Å². The highest BCUT2D eigenvalue weighted by atomic mass is 35.5. The van der Waals surface area contributed by atoms with Crippen LogP contribution in [0.5, 0.6) is 0 Å². The largest absolute Gasteiger partial charge is 0.416 e. The number of nitrogens with two attached hydrogens (primary N) is 1. The van der Waals surface area contributed by atoms with Crippen LogP contribution in [0.1, 0.15) is 22.7 Å². The van der Waals surface area contributed by atoms with Crippen molar-refractivity contribution in [3.8, 4) is 11.1 Å². The Kier molecular flexibility index (Phi) is 5.70. The number of hydrogen-bond acceptors (Lipinski definition) is 2. The highest BCUT2D eigenvalue weighted by molar-refractivity contribution is 7.08. The Morgan fingerprint density at radius 2 is 1.33 bits per heavy atom. The summed E-state index contributed by atoms with van der Waals surface area (Å²) in [6.45, 7) is 0. The zero-order chi connectivity index (χ0) is 16.4. The standard InChI is InChI=1S/C18H14F3NS.ClH/c19-18(20,21)16-7-5-13(6-8-16)12-1-3-14(4-2-12)17(22)15-9-10-23-11-15;/h1-11,17H,22H2;1H/t17-;/m0./s1. The van der Waals surface area contributed by atoms with Crippen LogP contribution in [0, 0.1) is 0 Å². The minimum atomic E-state index is -4.31. The molecule has 0 fully saturated rings. The highest BCUT2D eigenvalue weighted by Gasteiger charge is 2.29. The first-order valence-electron chi connectivity index (χ1n) is 7.00. The van der Waals surface area contributed by atoms with E-state index in [0.29, 0.717) is 0 Å². The SMILES string of the molecule is Cl.N[C@@H](c1ccc(-c2ccc(C(F)(F)F)cc2)cc1)c1ccsc1. The van der Waals surface area contributed by atoms with Gasteiger partial charge < -0.3 is 5.73 Å². The number of hydrogen-bond donors (Lipinski definition) is 1. The summed E-state index contributed by atoms with van der Waals surface area (Å²) in [6.07, 6.45) is -4.31. The van der Waals surface area contributed by atoms with Gasteiger partial charge in [-0.2, -0.15) is 24.5 Å². The summed E-state index contributed by atoms with van der Waals surface area (Å²) >= 11 is 1.59. The van der Waals surface area contributed by atoms with Gasteiger partial charge >= 0.3 is 6.18 Å². The van der Waals surface area contributed by atoms with Crippen molar-refractivity contribution in [2.24, 2.45) is 5.73 Å². The van der Waals surface area contributed by atoms with E-state index in [1.165, 1.54) is 12.1 Å². The normalized spacial score (nSPS) is 12.5. The second-order valence-electron chi connectivity index (χ2n) is 5.23. The van der Waals surface area contributed by atoms with Gasteiger partial charge in [0.25, 0.3) is 0 Å². The molecule has 0 saturated carbocycles. The summed E-state index contributed by atoms with van der Waals surface area (Å²) in [5, 5.41) is 3.99. The van der Waals surface area contributed by atoms with Crippen molar-refractivity contribution in [3.05, 3.63) is 82.0 Å². The molecule has 1 nitrogen and oxygen atoms in total. The Hall–Kier alpha value is -1.82. The summed E-state index contributed by atoms with van der Waals surface area (Å²) in [5.41, 5.74) is 9.19. The molecule has 6 heteroatoms. The third-order valence-electron chi connectivity index (χ3n) is 3.72. The third-order valence-corrected chi connectivity index (χ3v) is 4.42. The van der Waals surface area contributed by atoms with Crippen molar-refractivity contribution in [1.82, 2.24) is 0 Å². The van der Waals surface area contributed by atoms with E-state index < -0.39 is 11.7 Å². The minimum Gasteiger partial charge on any atom is -0.320 e. The average Bonchev–Trinajstić information content (AvgIpc) is 3.08. The smallest absolute Gasteiger partial charge is 0.320 e. The van der Waals surface area contributed by atoms with Crippen LogP contribution in [0.15, 0.2) is 65.4 Å². The van der Waals surface area contributed by atoms with Gasteiger partial charge in [0.2, 0.25) is 0 Å². The number of rotatable bonds is 3. The van der Waals surface area contributed by atoms with Gasteiger partial charge in [-0.1, -0.05) is 36.4 Å². The van der Waals surface area contributed by atoms with Gasteiger partial charge in [0.15, 0.2) is 0 Å². The predicted molar refractivity (Wildman–Crippen MR) is 94.5 cm³/mol. The number of benzene rings is 2. The van der Waals surface area contributed by atoms with Gasteiger partial charge in [0, 0.05) is 0 Å². The first kappa shape index (κ1) is 18.5. The van der Waals surface area contributed by atoms with Gasteiger partial charge in [-0.15, -0.1) is 12.4 Å². The molecule has 0 bridgehead atoms. The molecule has 126 valence electrons. The molecule has 2 aromatic carbocycles. The molecule has 3 aromatic rings. The van der Waals surface area contributed by atoms with Crippen LogP contribution < -0.4 is 5.73 Å². The van der Waals surface area contributed by atoms with Crippen molar-refractivity contribution < 1.29 is 13.2 Å². The molecule has 0 unspecified atom stereocenters. The van der Waals surface area contributed by atoms with Crippen molar-refractivity contribution in [2.45, 2.75) is 12.2 Å². The van der Waals surface area contributed by atoms with Crippen LogP contribution >= 0.6 is 23.7 Å². The zero-order valence-corrected chi connectivity index (χ0v) is 14.1. The molecule has 0 saturated heterocycles. The van der Waals surface area contributed by atoms with Gasteiger partial charge in [-0.05, 0) is 51.2 Å². The molecule has 2 N–H and O–H groups in total. The Morgan fingerprint density at radius 3 is 1.79 bits per heavy atom. The molecule has 0 amide bonds. The molecular weight excluding hydrogens is 355 g/mol. The number of thiophene rings is 1. The molecule has 0 spiro atoms. The zero-order valence-electron chi connectivity index (χ0n) is 12.5. The lowest BCUT2D eigenvalue weighted by atomic mass is 9.98. The van der Waals surface area contributed by atoms with Gasteiger partial charge in [0.05, 0.1) is 11.6 Å². The minimum absolute atomic E-state index is 0. The fourth-order valence-electron chi connectivity index (χ4n) is 2.38. The van der Waals surface area contributed by atoms with Crippen LogP contribution in [-0.2, 0) is 6.18 Å². The van der Waals surface area contributed by atoms with Gasteiger partial charge in [0.1, 0.15) is 0 Å². The summed E-state index contributed by atoms with van der Waals surface area (Å²) in [4.78, 5) is 0. The first-order valence-corrected chi connectivity index (χ1v) is 7.95. The average molecular weight is 370 g/mol. The van der Waals surface area contributed by atoms with Crippen LogP contribution in [0.25, 0.3) is 11.1 Å². The topological polar surface area (TPSA) is 26.0 Å². The van der Waals surface area contributed by atoms with Crippen molar-refractivity contribution >= 4 is 23.7 Å². The summed E-state index contributed by atoms with van der Waals surface area (Å²) in [6, 6.07) is 14.5. The Balaban J connectivity index is 0.00000208. The highest BCUT2D eigenvalue weighted by Crippen LogP contribution is 2.31. The molecule has 0 aliphatic heterocycles. The van der Waals surface area contributed by atoms with E-state index >= 15 is 0 Å². The van der Waals surface area contributed by atoms with Crippen LogP contribution in [0.2, 0.25) is 0 Å². The fraction of sp³-hybridized carbons (Fsp3) is 0.111. The fourth-order valence-corrected chi connectivity index (χ4v) is 3.08. The monoisotopic (exact) mass is 369 g/mol. The molecular formula is C18H15ClF3NS. The van der Waals surface area contributed by atoms with E-state index in [-0.39, 0.29) is 18.4 Å². The van der Waals surface area contributed by atoms with E-state index in [0.717, 1.165) is 34.4 Å². The van der Waals surface area contributed by atoms with Crippen molar-refractivity contribution in [2.75, 3.05) is 0 Å². The molecule has 0 aliphatic rings. The Labute approximate surface area is 148 Å². The van der Waals surface area contributed by atoms with E-state index in [4.69, 9.17) is 5.73 Å². The van der Waals surface area contributed by atoms with Crippen LogP contribution in [0.4, 0.5) is 13.2 Å². The van der Waals surface area contributed by atoms with E-state index in [1.54, 1.807) is 11.3 Å². The lowest BCUT2D eigenvalue weighted by Gasteiger charge is -2.12. The third kappa shape index (κ3) is 3.98. The summed E-state index contributed by atoms with van der Waals surface area (Å²) < 4.78 is 37.8. The molecule has 24 heavy (non-hydrogen) atoms. The maximum atomic E-state index is 12.6. The number of alkyl halides is 3. The second kappa shape index (κ2) is 7.38. The summed E-state index contributed by atoms with van der Waals surface area (Å²) in [5.74, 6) is 0. The number of halogens is 4. The Morgan fingerprint density at radius 1 is 0.792 bits per heavy atom. The van der Waals surface area contributed by atoms with Crippen LogP contribution in [0.3, 0.4) is 0 Å². The molecule has 0 aliphatic carbocycles. The van der Waals surface area contributed by atoms with Crippen molar-refractivity contribution in [1.29, 1.82) is 0 Å². The molecule has 1 atom stereocenters. The maximum Gasteiger partial charge on any atom is 0.416 e. The second-order valence-corrected chi connectivity index (χ2v) is 6.01. The molecule has 1 aromatic heterocycles. The Bertz CT molecular complexity index is 766. The van der Waals surface area contributed by atoms with Gasteiger partial charge in [-0.25, -0.2) is 0 Å². The van der Waals surface area contributed by atoms with E-state index in [2.05, 4.69) is 0 Å². The van der Waals surface area contributed by atoms with Gasteiger partial charge in [-0.3, -0.25) is 0 Å². The predicted octanol–water partition coefficient (Wildman–Crippen LogP) is 5.90. The molecule has 0 radical (unpaired) electrons. The first-order chi connectivity index (χ1) is 10.9. The quantitative estimate of drug-likeness (QED) is 0.610.